The highest BCUT2D eigenvalue weighted by Crippen LogP contribution is 2.46. The van der Waals surface area contributed by atoms with Gasteiger partial charge < -0.3 is 14.8 Å². The predicted molar refractivity (Wildman–Crippen MR) is 85.1 cm³/mol. The van der Waals surface area contributed by atoms with Crippen LogP contribution in [-0.2, 0) is 6.42 Å². The van der Waals surface area contributed by atoms with E-state index in [0.717, 1.165) is 35.5 Å². The average Bonchev–Trinajstić information content (AvgIpc) is 2.88. The molecule has 4 rings (SSSR count). The van der Waals surface area contributed by atoms with Crippen molar-refractivity contribution in [2.45, 2.75) is 12.3 Å². The van der Waals surface area contributed by atoms with E-state index in [-0.39, 0.29) is 0 Å². The molecule has 2 aliphatic rings. The zero-order chi connectivity index (χ0) is 14.2. The summed E-state index contributed by atoms with van der Waals surface area (Å²) in [6, 6.07) is 12.8. The highest BCUT2D eigenvalue weighted by molar-refractivity contribution is 9.10. The van der Waals surface area contributed by atoms with Gasteiger partial charge in [0.05, 0.1) is 4.47 Å². The van der Waals surface area contributed by atoms with Gasteiger partial charge in [0.25, 0.3) is 0 Å². The molecule has 108 valence electrons. The lowest BCUT2D eigenvalue weighted by Crippen LogP contribution is -2.20. The molecule has 1 N–H and O–H groups in total. The molecule has 1 unspecified atom stereocenters. The fourth-order valence-corrected chi connectivity index (χ4v) is 3.91. The second kappa shape index (κ2) is 5.35. The van der Waals surface area contributed by atoms with Crippen LogP contribution in [0.15, 0.2) is 40.9 Å². The molecule has 0 bridgehead atoms. The van der Waals surface area contributed by atoms with Gasteiger partial charge in [0.15, 0.2) is 11.5 Å². The molecular formula is C17H16BrNO2. The lowest BCUT2D eigenvalue weighted by molar-refractivity contribution is 0.173. The lowest BCUT2D eigenvalue weighted by Gasteiger charge is -2.19. The van der Waals surface area contributed by atoms with Crippen LogP contribution in [0.25, 0.3) is 0 Å². The van der Waals surface area contributed by atoms with Gasteiger partial charge in [0.2, 0.25) is 6.79 Å². The summed E-state index contributed by atoms with van der Waals surface area (Å²) < 4.78 is 12.2. The van der Waals surface area contributed by atoms with Crippen molar-refractivity contribution in [2.24, 2.45) is 0 Å². The van der Waals surface area contributed by atoms with Crippen LogP contribution in [0.3, 0.4) is 0 Å². The minimum atomic E-state index is 0.311. The SMILES string of the molecule is Brc1c2c(cc3c1OCO3)C(c1ccccc1)CNCC2. The van der Waals surface area contributed by atoms with E-state index in [1.807, 2.05) is 0 Å². The highest BCUT2D eigenvalue weighted by Gasteiger charge is 2.28. The minimum absolute atomic E-state index is 0.311. The molecule has 2 heterocycles. The van der Waals surface area contributed by atoms with Crippen molar-refractivity contribution in [3.05, 3.63) is 57.6 Å². The summed E-state index contributed by atoms with van der Waals surface area (Å²) in [7, 11) is 0. The third-order valence-corrected chi connectivity index (χ3v) is 5.06. The Hall–Kier alpha value is -1.52. The maximum Gasteiger partial charge on any atom is 0.231 e. The molecule has 2 aromatic carbocycles. The standard InChI is InChI=1S/C17H16BrNO2/c18-16-12-6-7-19-9-14(11-4-2-1-3-5-11)13(12)8-15-17(16)21-10-20-15/h1-5,8,14,19H,6-7,9-10H2. The van der Waals surface area contributed by atoms with Gasteiger partial charge in [-0.3, -0.25) is 0 Å². The fraction of sp³-hybridized carbons (Fsp3) is 0.294. The molecule has 0 radical (unpaired) electrons. The van der Waals surface area contributed by atoms with Crippen molar-refractivity contribution in [1.82, 2.24) is 5.32 Å². The maximum absolute atomic E-state index is 5.60. The van der Waals surface area contributed by atoms with Crippen LogP contribution >= 0.6 is 15.9 Å². The fourth-order valence-electron chi connectivity index (χ4n) is 3.18. The number of ether oxygens (including phenoxy) is 2. The summed E-state index contributed by atoms with van der Waals surface area (Å²) in [6.07, 6.45) is 0.996. The number of nitrogens with one attached hydrogen (secondary N) is 1. The summed E-state index contributed by atoms with van der Waals surface area (Å²) in [5, 5.41) is 3.54. The Balaban J connectivity index is 1.88. The zero-order valence-electron chi connectivity index (χ0n) is 11.6. The van der Waals surface area contributed by atoms with Gasteiger partial charge in [-0.25, -0.2) is 0 Å². The Bertz CT molecular complexity index is 672. The van der Waals surface area contributed by atoms with Crippen LogP contribution in [0.5, 0.6) is 11.5 Å². The molecule has 0 fully saturated rings. The van der Waals surface area contributed by atoms with Gasteiger partial charge in [-0.1, -0.05) is 30.3 Å². The van der Waals surface area contributed by atoms with E-state index in [1.165, 1.54) is 16.7 Å². The normalized spacial score (nSPS) is 20.0. The largest absolute Gasteiger partial charge is 0.454 e. The molecule has 0 spiro atoms. The van der Waals surface area contributed by atoms with E-state index in [2.05, 4.69) is 57.6 Å². The second-order valence-electron chi connectivity index (χ2n) is 5.41. The molecule has 0 saturated heterocycles. The van der Waals surface area contributed by atoms with Crippen molar-refractivity contribution in [2.75, 3.05) is 19.9 Å². The summed E-state index contributed by atoms with van der Waals surface area (Å²) in [6.45, 7) is 2.24. The van der Waals surface area contributed by atoms with Crippen LogP contribution in [0.4, 0.5) is 0 Å². The Kier molecular flexibility index (Phi) is 3.36. The van der Waals surface area contributed by atoms with Crippen LogP contribution in [0.1, 0.15) is 22.6 Å². The lowest BCUT2D eigenvalue weighted by atomic mass is 9.88. The summed E-state index contributed by atoms with van der Waals surface area (Å²) in [5.41, 5.74) is 4.00. The van der Waals surface area contributed by atoms with E-state index in [4.69, 9.17) is 9.47 Å². The molecule has 0 amide bonds. The maximum atomic E-state index is 5.60. The van der Waals surface area contributed by atoms with Gasteiger partial charge in [-0.15, -0.1) is 0 Å². The number of hydrogen-bond acceptors (Lipinski definition) is 3. The van der Waals surface area contributed by atoms with Crippen LogP contribution < -0.4 is 14.8 Å². The molecule has 2 aliphatic heterocycles. The van der Waals surface area contributed by atoms with Crippen molar-refractivity contribution in [3.63, 3.8) is 0 Å². The van der Waals surface area contributed by atoms with E-state index in [9.17, 15) is 0 Å². The smallest absolute Gasteiger partial charge is 0.231 e. The molecular weight excluding hydrogens is 330 g/mol. The third kappa shape index (κ3) is 2.23. The number of halogens is 1. The van der Waals surface area contributed by atoms with Gasteiger partial charge in [0.1, 0.15) is 0 Å². The summed E-state index contributed by atoms with van der Waals surface area (Å²) >= 11 is 3.72. The Morgan fingerprint density at radius 2 is 2.00 bits per heavy atom. The van der Waals surface area contributed by atoms with Crippen LogP contribution in [-0.4, -0.2) is 19.9 Å². The number of rotatable bonds is 1. The molecule has 0 aromatic heterocycles. The molecule has 3 nitrogen and oxygen atoms in total. The molecule has 21 heavy (non-hydrogen) atoms. The first kappa shape index (κ1) is 13.2. The molecule has 4 heteroatoms. The quantitative estimate of drug-likeness (QED) is 0.858. The predicted octanol–water partition coefficient (Wildman–Crippen LogP) is 3.46. The molecule has 2 aromatic rings. The van der Waals surface area contributed by atoms with E-state index >= 15 is 0 Å². The average molecular weight is 346 g/mol. The van der Waals surface area contributed by atoms with Crippen LogP contribution in [0, 0.1) is 0 Å². The zero-order valence-corrected chi connectivity index (χ0v) is 13.2. The number of hydrogen-bond donors (Lipinski definition) is 1. The molecule has 0 aliphatic carbocycles. The van der Waals surface area contributed by atoms with Gasteiger partial charge >= 0.3 is 0 Å². The third-order valence-electron chi connectivity index (χ3n) is 4.22. The second-order valence-corrected chi connectivity index (χ2v) is 6.20. The molecule has 0 saturated carbocycles. The van der Waals surface area contributed by atoms with Gasteiger partial charge in [-0.2, -0.15) is 0 Å². The Labute approximate surface area is 132 Å². The van der Waals surface area contributed by atoms with Gasteiger partial charge in [0, 0.05) is 12.5 Å². The topological polar surface area (TPSA) is 30.5 Å². The first-order chi connectivity index (χ1) is 10.3. The summed E-state index contributed by atoms with van der Waals surface area (Å²) in [5.74, 6) is 2.04. The Morgan fingerprint density at radius 3 is 2.86 bits per heavy atom. The summed E-state index contributed by atoms with van der Waals surface area (Å²) in [4.78, 5) is 0. The Morgan fingerprint density at radius 1 is 1.14 bits per heavy atom. The first-order valence-electron chi connectivity index (χ1n) is 7.21. The minimum Gasteiger partial charge on any atom is -0.454 e. The highest BCUT2D eigenvalue weighted by atomic mass is 79.9. The van der Waals surface area contributed by atoms with E-state index < -0.39 is 0 Å². The van der Waals surface area contributed by atoms with Crippen molar-refractivity contribution in [1.29, 1.82) is 0 Å². The van der Waals surface area contributed by atoms with Crippen molar-refractivity contribution >= 4 is 15.9 Å². The first-order valence-corrected chi connectivity index (χ1v) is 8.00. The van der Waals surface area contributed by atoms with Crippen LogP contribution in [0.2, 0.25) is 0 Å². The van der Waals surface area contributed by atoms with Crippen molar-refractivity contribution in [3.8, 4) is 11.5 Å². The number of benzene rings is 2. The van der Waals surface area contributed by atoms with E-state index in [1.54, 1.807) is 0 Å². The monoisotopic (exact) mass is 345 g/mol. The number of fused-ring (bicyclic) bond motifs is 2. The molecule has 1 atom stereocenters. The van der Waals surface area contributed by atoms with Gasteiger partial charge in [-0.05, 0) is 51.7 Å². The van der Waals surface area contributed by atoms with Crippen molar-refractivity contribution < 1.29 is 9.47 Å². The van der Waals surface area contributed by atoms with E-state index in [0.29, 0.717) is 12.7 Å².